The van der Waals surface area contributed by atoms with Gasteiger partial charge in [-0.25, -0.2) is 14.5 Å². The number of nitrogens with zero attached hydrogens (tertiary/aromatic N) is 4. The number of hydrogen-bond donors (Lipinski definition) is 1. The van der Waals surface area contributed by atoms with Gasteiger partial charge >= 0.3 is 5.97 Å². The van der Waals surface area contributed by atoms with Gasteiger partial charge in [0.25, 0.3) is 0 Å². The number of aryl methyl sites for hydroxylation is 1. The summed E-state index contributed by atoms with van der Waals surface area (Å²) in [5, 5.41) is 13.7. The van der Waals surface area contributed by atoms with Gasteiger partial charge in [-0.2, -0.15) is 0 Å². The first-order valence-electron chi connectivity index (χ1n) is 9.28. The average molecular weight is 378 g/mol. The van der Waals surface area contributed by atoms with Crippen LogP contribution in [0.25, 0.3) is 11.3 Å². The molecule has 0 unspecified atom stereocenters. The number of carbonyl (C=O) groups excluding carboxylic acids is 1. The van der Waals surface area contributed by atoms with E-state index in [1.54, 1.807) is 23.9 Å². The summed E-state index contributed by atoms with van der Waals surface area (Å²) in [5.74, 6) is -0.0617. The molecule has 0 aliphatic carbocycles. The molecule has 0 radical (unpaired) electrons. The molecule has 0 saturated carbocycles. The standard InChI is InChI=1S/C21H22N4O3/c1-3-12-25-18(23-20(24-25)17(26)4-2)13-14-7-9-15(10-8-14)19-16(21(27)28)6-5-11-22-19/h5-11H,3-4,12-13H2,1-2H3,(H,27,28). The minimum absolute atomic E-state index is 0.0668. The van der Waals surface area contributed by atoms with Gasteiger partial charge in [0, 0.05) is 31.1 Å². The van der Waals surface area contributed by atoms with E-state index in [0.717, 1.165) is 23.4 Å². The first kappa shape index (κ1) is 19.4. The van der Waals surface area contributed by atoms with E-state index in [9.17, 15) is 14.7 Å². The van der Waals surface area contributed by atoms with Crippen LogP contribution in [0.5, 0.6) is 0 Å². The lowest BCUT2D eigenvalue weighted by molar-refractivity contribution is 0.0697. The Bertz CT molecular complexity index is 993. The van der Waals surface area contributed by atoms with Gasteiger partial charge in [-0.15, -0.1) is 5.10 Å². The molecule has 0 aliphatic heterocycles. The highest BCUT2D eigenvalue weighted by Gasteiger charge is 2.16. The molecular formula is C21H22N4O3. The van der Waals surface area contributed by atoms with Crippen LogP contribution in [0, 0.1) is 0 Å². The van der Waals surface area contributed by atoms with Crippen molar-refractivity contribution < 1.29 is 14.7 Å². The highest BCUT2D eigenvalue weighted by atomic mass is 16.4. The van der Waals surface area contributed by atoms with E-state index >= 15 is 0 Å². The Hall–Kier alpha value is -3.35. The smallest absolute Gasteiger partial charge is 0.337 e. The van der Waals surface area contributed by atoms with Gasteiger partial charge in [-0.1, -0.05) is 38.1 Å². The van der Waals surface area contributed by atoms with E-state index in [1.807, 2.05) is 24.3 Å². The van der Waals surface area contributed by atoms with Crippen LogP contribution in [0.1, 0.15) is 59.1 Å². The maximum absolute atomic E-state index is 11.9. The fourth-order valence-corrected chi connectivity index (χ4v) is 2.94. The van der Waals surface area contributed by atoms with Gasteiger partial charge in [-0.3, -0.25) is 9.78 Å². The Labute approximate surface area is 163 Å². The van der Waals surface area contributed by atoms with Crippen molar-refractivity contribution >= 4 is 11.8 Å². The molecule has 0 aliphatic rings. The van der Waals surface area contributed by atoms with E-state index in [4.69, 9.17) is 0 Å². The summed E-state index contributed by atoms with van der Waals surface area (Å²) in [6.07, 6.45) is 3.39. The highest BCUT2D eigenvalue weighted by Crippen LogP contribution is 2.22. The zero-order valence-electron chi connectivity index (χ0n) is 15.9. The molecule has 2 aromatic heterocycles. The molecule has 2 heterocycles. The largest absolute Gasteiger partial charge is 0.478 e. The third-order valence-electron chi connectivity index (χ3n) is 4.38. The number of hydrogen-bond acceptors (Lipinski definition) is 5. The quantitative estimate of drug-likeness (QED) is 0.601. The summed E-state index contributed by atoms with van der Waals surface area (Å²) in [7, 11) is 0. The number of aromatic carboxylic acids is 1. The third kappa shape index (κ3) is 4.14. The minimum Gasteiger partial charge on any atom is -0.478 e. The van der Waals surface area contributed by atoms with Crippen molar-refractivity contribution in [2.75, 3.05) is 0 Å². The number of Topliss-reactive ketones (excluding diaryl/α,β-unsaturated/α-hetero) is 1. The fraction of sp³-hybridized carbons (Fsp3) is 0.286. The van der Waals surface area contributed by atoms with Crippen molar-refractivity contribution in [3.05, 3.63) is 65.4 Å². The lowest BCUT2D eigenvalue weighted by Gasteiger charge is -2.07. The number of carboxylic acids is 1. The number of pyridine rings is 1. The van der Waals surface area contributed by atoms with Crippen molar-refractivity contribution in [3.8, 4) is 11.3 Å². The lowest BCUT2D eigenvalue weighted by atomic mass is 10.0. The van der Waals surface area contributed by atoms with Crippen molar-refractivity contribution in [2.24, 2.45) is 0 Å². The second-order valence-corrected chi connectivity index (χ2v) is 6.43. The number of carboxylic acid groups (broad SMARTS) is 1. The Morgan fingerprint density at radius 3 is 2.50 bits per heavy atom. The molecule has 0 spiro atoms. The Balaban J connectivity index is 1.86. The molecule has 3 rings (SSSR count). The summed E-state index contributed by atoms with van der Waals surface area (Å²) < 4.78 is 1.79. The summed E-state index contributed by atoms with van der Waals surface area (Å²) in [6.45, 7) is 4.55. The highest BCUT2D eigenvalue weighted by molar-refractivity contribution is 5.94. The molecule has 0 bridgehead atoms. The van der Waals surface area contributed by atoms with E-state index in [0.29, 0.717) is 25.1 Å². The van der Waals surface area contributed by atoms with E-state index in [2.05, 4.69) is 22.0 Å². The minimum atomic E-state index is -1.01. The van der Waals surface area contributed by atoms with Gasteiger partial charge in [0.2, 0.25) is 11.6 Å². The van der Waals surface area contributed by atoms with Crippen LogP contribution in [0.2, 0.25) is 0 Å². The van der Waals surface area contributed by atoms with Crippen LogP contribution in [-0.4, -0.2) is 36.6 Å². The molecule has 1 N–H and O–H groups in total. The van der Waals surface area contributed by atoms with Crippen molar-refractivity contribution in [1.29, 1.82) is 0 Å². The van der Waals surface area contributed by atoms with Gasteiger partial charge in [0.1, 0.15) is 5.82 Å². The maximum atomic E-state index is 11.9. The van der Waals surface area contributed by atoms with E-state index in [-0.39, 0.29) is 17.2 Å². The fourth-order valence-electron chi connectivity index (χ4n) is 2.94. The van der Waals surface area contributed by atoms with Crippen LogP contribution in [0.15, 0.2) is 42.6 Å². The molecule has 0 atom stereocenters. The first-order chi connectivity index (χ1) is 13.5. The predicted octanol–water partition coefficient (Wildman–Crippen LogP) is 3.63. The Morgan fingerprint density at radius 1 is 1.11 bits per heavy atom. The normalized spacial score (nSPS) is 10.8. The molecule has 7 heteroatoms. The Morgan fingerprint density at radius 2 is 1.86 bits per heavy atom. The summed E-state index contributed by atoms with van der Waals surface area (Å²) in [6, 6.07) is 10.7. The Kier molecular flexibility index (Phi) is 5.93. The number of carbonyl (C=O) groups is 2. The van der Waals surface area contributed by atoms with E-state index < -0.39 is 5.97 Å². The summed E-state index contributed by atoms with van der Waals surface area (Å²) in [5.41, 5.74) is 2.34. The first-order valence-corrected chi connectivity index (χ1v) is 9.28. The molecule has 1 aromatic carbocycles. The zero-order chi connectivity index (χ0) is 20.1. The summed E-state index contributed by atoms with van der Waals surface area (Å²) in [4.78, 5) is 32.0. The van der Waals surface area contributed by atoms with Gasteiger partial charge < -0.3 is 5.11 Å². The monoisotopic (exact) mass is 378 g/mol. The second kappa shape index (κ2) is 8.56. The number of ketones is 1. The van der Waals surface area contributed by atoms with Crippen molar-refractivity contribution in [2.45, 2.75) is 39.7 Å². The number of benzene rings is 1. The molecule has 0 saturated heterocycles. The number of rotatable bonds is 8. The van der Waals surface area contributed by atoms with Crippen LogP contribution in [0.4, 0.5) is 0 Å². The zero-order valence-corrected chi connectivity index (χ0v) is 15.9. The van der Waals surface area contributed by atoms with Crippen LogP contribution in [-0.2, 0) is 13.0 Å². The molecular weight excluding hydrogens is 356 g/mol. The van der Waals surface area contributed by atoms with Gasteiger partial charge in [0.15, 0.2) is 0 Å². The molecule has 3 aromatic rings. The molecule has 28 heavy (non-hydrogen) atoms. The van der Waals surface area contributed by atoms with E-state index in [1.165, 1.54) is 6.07 Å². The van der Waals surface area contributed by atoms with Crippen LogP contribution in [0.3, 0.4) is 0 Å². The molecule has 7 nitrogen and oxygen atoms in total. The molecule has 144 valence electrons. The van der Waals surface area contributed by atoms with Gasteiger partial charge in [-0.05, 0) is 24.1 Å². The lowest BCUT2D eigenvalue weighted by Crippen LogP contribution is -2.06. The summed E-state index contributed by atoms with van der Waals surface area (Å²) >= 11 is 0. The predicted molar refractivity (Wildman–Crippen MR) is 104 cm³/mol. The molecule has 0 amide bonds. The average Bonchev–Trinajstić information content (AvgIpc) is 3.10. The van der Waals surface area contributed by atoms with Crippen molar-refractivity contribution in [3.63, 3.8) is 0 Å². The number of aromatic nitrogens is 4. The topological polar surface area (TPSA) is 98.0 Å². The van der Waals surface area contributed by atoms with Crippen LogP contribution >= 0.6 is 0 Å². The molecule has 0 fully saturated rings. The van der Waals surface area contributed by atoms with Crippen LogP contribution < -0.4 is 0 Å². The van der Waals surface area contributed by atoms with Crippen molar-refractivity contribution in [1.82, 2.24) is 19.7 Å². The maximum Gasteiger partial charge on any atom is 0.337 e. The second-order valence-electron chi connectivity index (χ2n) is 6.43. The SMILES string of the molecule is CCCn1nc(C(=O)CC)nc1Cc1ccc(-c2ncccc2C(=O)O)cc1. The van der Waals surface area contributed by atoms with Gasteiger partial charge in [0.05, 0.1) is 11.3 Å². The third-order valence-corrected chi connectivity index (χ3v) is 4.38.